The summed E-state index contributed by atoms with van der Waals surface area (Å²) in [7, 11) is 0. The fraction of sp³-hybridized carbons (Fsp3) is 0.200. The molecule has 1 aromatic carbocycles. The van der Waals surface area contributed by atoms with Crippen LogP contribution in [0.2, 0.25) is 0 Å². The fourth-order valence-corrected chi connectivity index (χ4v) is 1.56. The Hall–Kier alpha value is -2.11. The van der Waals surface area contributed by atoms with Gasteiger partial charge in [0.2, 0.25) is 0 Å². The summed E-state index contributed by atoms with van der Waals surface area (Å²) in [6, 6.07) is 3.28. The maximum absolute atomic E-state index is 13.1. The van der Waals surface area contributed by atoms with E-state index in [1.54, 1.807) is 0 Å². The molecule has 0 aliphatic carbocycles. The number of carbonyl (C=O) groups excluding carboxylic acids is 1. The van der Waals surface area contributed by atoms with E-state index in [2.05, 4.69) is 5.32 Å². The lowest BCUT2D eigenvalue weighted by molar-refractivity contribution is 0.0692. The summed E-state index contributed by atoms with van der Waals surface area (Å²) in [5, 5.41) is 11.3. The van der Waals surface area contributed by atoms with Gasteiger partial charge < -0.3 is 10.4 Å². The molecule has 1 aliphatic rings. The first kappa shape index (κ1) is 10.4. The molecule has 84 valence electrons. The highest BCUT2D eigenvalue weighted by molar-refractivity contribution is 5.96. The van der Waals surface area contributed by atoms with Crippen LogP contribution >= 0.6 is 0 Å². The molecule has 0 atom stereocenters. The Morgan fingerprint density at radius 2 is 2.25 bits per heavy atom. The quantitative estimate of drug-likeness (QED) is 0.788. The molecule has 2 rings (SSSR count). The van der Waals surface area contributed by atoms with Crippen molar-refractivity contribution in [1.82, 2.24) is 5.32 Å². The minimum absolute atomic E-state index is 0.303. The molecule has 2 N–H and O–H groups in total. The maximum atomic E-state index is 13.1. The zero-order valence-corrected chi connectivity index (χ0v) is 8.24. The van der Waals surface area contributed by atoms with Crippen LogP contribution in [0.1, 0.15) is 10.4 Å². The zero-order chi connectivity index (χ0) is 11.7. The average Bonchev–Trinajstić information content (AvgIpc) is 2.65. The molecular formula is C10H9FN2O3. The van der Waals surface area contributed by atoms with E-state index in [0.717, 1.165) is 12.1 Å². The van der Waals surface area contributed by atoms with Crippen LogP contribution in [0, 0.1) is 5.82 Å². The molecule has 0 bridgehead atoms. The number of carboxylic acids is 1. The van der Waals surface area contributed by atoms with Crippen LogP contribution in [0.4, 0.5) is 14.9 Å². The number of nitrogens with zero attached hydrogens (tertiary/aromatic N) is 1. The second kappa shape index (κ2) is 3.80. The zero-order valence-electron chi connectivity index (χ0n) is 8.24. The minimum atomic E-state index is -1.35. The Bertz CT molecular complexity index is 461. The molecule has 5 nitrogen and oxygen atoms in total. The number of halogens is 1. The molecule has 0 unspecified atom stereocenters. The van der Waals surface area contributed by atoms with Gasteiger partial charge >= 0.3 is 12.0 Å². The Morgan fingerprint density at radius 1 is 1.50 bits per heavy atom. The van der Waals surface area contributed by atoms with Crippen molar-refractivity contribution in [2.24, 2.45) is 0 Å². The molecule has 2 amide bonds. The molecule has 0 aromatic heterocycles. The van der Waals surface area contributed by atoms with Gasteiger partial charge in [0.25, 0.3) is 0 Å². The van der Waals surface area contributed by atoms with Gasteiger partial charge in [-0.1, -0.05) is 0 Å². The number of aromatic carboxylic acids is 1. The van der Waals surface area contributed by atoms with Crippen molar-refractivity contribution in [3.05, 3.63) is 29.6 Å². The first-order valence-electron chi connectivity index (χ1n) is 4.68. The number of urea groups is 1. The van der Waals surface area contributed by atoms with Crippen molar-refractivity contribution >= 4 is 17.7 Å². The highest BCUT2D eigenvalue weighted by atomic mass is 19.1. The summed E-state index contributed by atoms with van der Waals surface area (Å²) < 4.78 is 13.1. The van der Waals surface area contributed by atoms with Crippen LogP contribution in [0.5, 0.6) is 0 Å². The Morgan fingerprint density at radius 3 is 2.81 bits per heavy atom. The second-order valence-electron chi connectivity index (χ2n) is 3.35. The first-order chi connectivity index (χ1) is 7.59. The van der Waals surface area contributed by atoms with E-state index < -0.39 is 17.3 Å². The van der Waals surface area contributed by atoms with Crippen LogP contribution in [0.15, 0.2) is 18.2 Å². The van der Waals surface area contributed by atoms with Gasteiger partial charge in [-0.2, -0.15) is 0 Å². The van der Waals surface area contributed by atoms with Crippen LogP contribution in [-0.4, -0.2) is 30.2 Å². The molecule has 0 saturated carbocycles. The Kier molecular flexibility index (Phi) is 2.47. The molecule has 1 fully saturated rings. The number of hydrogen-bond donors (Lipinski definition) is 2. The van der Waals surface area contributed by atoms with Crippen molar-refractivity contribution < 1.29 is 19.1 Å². The number of carboxylic acid groups (broad SMARTS) is 1. The molecule has 0 spiro atoms. The molecule has 1 saturated heterocycles. The Balaban J connectivity index is 2.39. The fourth-order valence-electron chi connectivity index (χ4n) is 1.56. The highest BCUT2D eigenvalue weighted by Crippen LogP contribution is 2.20. The van der Waals surface area contributed by atoms with Gasteiger partial charge in [-0.25, -0.2) is 14.0 Å². The SMILES string of the molecule is O=C(O)c1cc(N2CCNC2=O)ccc1F. The third-order valence-corrected chi connectivity index (χ3v) is 2.35. The van der Waals surface area contributed by atoms with E-state index in [1.807, 2.05) is 0 Å². The summed E-state index contributed by atoms with van der Waals surface area (Å²) in [5.74, 6) is -2.16. The van der Waals surface area contributed by atoms with E-state index in [4.69, 9.17) is 5.11 Å². The van der Waals surface area contributed by atoms with E-state index >= 15 is 0 Å². The standard InChI is InChI=1S/C10H9FN2O3/c11-8-2-1-6(5-7(8)9(14)15)13-4-3-12-10(13)16/h1-2,5H,3-4H2,(H,12,16)(H,14,15). The van der Waals surface area contributed by atoms with Gasteiger partial charge in [0.1, 0.15) is 5.82 Å². The van der Waals surface area contributed by atoms with Crippen LogP contribution < -0.4 is 10.2 Å². The average molecular weight is 224 g/mol. The summed E-state index contributed by atoms with van der Waals surface area (Å²) in [4.78, 5) is 23.4. The maximum Gasteiger partial charge on any atom is 0.338 e. The molecular weight excluding hydrogens is 215 g/mol. The number of rotatable bonds is 2. The van der Waals surface area contributed by atoms with Crippen molar-refractivity contribution in [1.29, 1.82) is 0 Å². The molecule has 1 aromatic rings. The van der Waals surface area contributed by atoms with Gasteiger partial charge in [0.15, 0.2) is 0 Å². The monoisotopic (exact) mass is 224 g/mol. The van der Waals surface area contributed by atoms with Gasteiger partial charge in [-0.3, -0.25) is 4.90 Å². The summed E-state index contributed by atoms with van der Waals surface area (Å²) in [5.41, 5.74) is -0.0500. The lowest BCUT2D eigenvalue weighted by Crippen LogP contribution is -2.27. The lowest BCUT2D eigenvalue weighted by Gasteiger charge is -2.14. The van der Waals surface area contributed by atoms with Crippen LogP contribution in [-0.2, 0) is 0 Å². The number of carbonyl (C=O) groups is 2. The van der Waals surface area contributed by atoms with Gasteiger partial charge in [-0.15, -0.1) is 0 Å². The van der Waals surface area contributed by atoms with Crippen molar-refractivity contribution in [3.63, 3.8) is 0 Å². The number of anilines is 1. The van der Waals surface area contributed by atoms with Crippen molar-refractivity contribution in [3.8, 4) is 0 Å². The normalized spacial score (nSPS) is 15.1. The van der Waals surface area contributed by atoms with E-state index in [1.165, 1.54) is 11.0 Å². The van der Waals surface area contributed by atoms with Gasteiger partial charge in [0, 0.05) is 18.8 Å². The predicted octanol–water partition coefficient (Wildman–Crippen LogP) is 1.05. The Labute approximate surface area is 90.5 Å². The molecule has 1 aliphatic heterocycles. The lowest BCUT2D eigenvalue weighted by atomic mass is 10.2. The third-order valence-electron chi connectivity index (χ3n) is 2.35. The van der Waals surface area contributed by atoms with Crippen molar-refractivity contribution in [2.75, 3.05) is 18.0 Å². The first-order valence-corrected chi connectivity index (χ1v) is 4.68. The number of hydrogen-bond acceptors (Lipinski definition) is 2. The van der Waals surface area contributed by atoms with Crippen LogP contribution in [0.3, 0.4) is 0 Å². The number of benzene rings is 1. The molecule has 1 heterocycles. The second-order valence-corrected chi connectivity index (χ2v) is 3.35. The molecule has 0 radical (unpaired) electrons. The summed E-state index contributed by atoms with van der Waals surface area (Å²) in [6.45, 7) is 0.947. The summed E-state index contributed by atoms with van der Waals surface area (Å²) >= 11 is 0. The predicted molar refractivity (Wildman–Crippen MR) is 54.1 cm³/mol. The summed E-state index contributed by atoms with van der Waals surface area (Å²) in [6.07, 6.45) is 0. The van der Waals surface area contributed by atoms with Gasteiger partial charge in [0.05, 0.1) is 5.56 Å². The number of amides is 2. The topological polar surface area (TPSA) is 69.6 Å². The largest absolute Gasteiger partial charge is 0.478 e. The molecule has 16 heavy (non-hydrogen) atoms. The van der Waals surface area contributed by atoms with Gasteiger partial charge in [-0.05, 0) is 18.2 Å². The van der Waals surface area contributed by atoms with E-state index in [9.17, 15) is 14.0 Å². The minimum Gasteiger partial charge on any atom is -0.478 e. The van der Waals surface area contributed by atoms with E-state index in [-0.39, 0.29) is 6.03 Å². The van der Waals surface area contributed by atoms with Crippen molar-refractivity contribution in [2.45, 2.75) is 0 Å². The highest BCUT2D eigenvalue weighted by Gasteiger charge is 2.22. The van der Waals surface area contributed by atoms with E-state index in [0.29, 0.717) is 18.8 Å². The van der Waals surface area contributed by atoms with Crippen LogP contribution in [0.25, 0.3) is 0 Å². The number of nitrogens with one attached hydrogen (secondary N) is 1. The smallest absolute Gasteiger partial charge is 0.338 e. The molecule has 6 heteroatoms. The third kappa shape index (κ3) is 1.69.